The molecule has 1 aromatic heterocycles. The largest absolute Gasteiger partial charge is 0.323 e. The van der Waals surface area contributed by atoms with Gasteiger partial charge in [-0.2, -0.15) is 0 Å². The van der Waals surface area contributed by atoms with Crippen LogP contribution in [0, 0.1) is 18.8 Å². The molecule has 0 bridgehead atoms. The Morgan fingerprint density at radius 3 is 2.36 bits per heavy atom. The van der Waals surface area contributed by atoms with Crippen molar-refractivity contribution in [2.75, 3.05) is 5.32 Å². The molecular formula is C20H21N3O2. The minimum absolute atomic E-state index is 0.0522. The van der Waals surface area contributed by atoms with Crippen LogP contribution in [0.5, 0.6) is 0 Å². The molecule has 2 aliphatic carbocycles. The van der Waals surface area contributed by atoms with Gasteiger partial charge in [-0.1, -0.05) is 5.57 Å². The van der Waals surface area contributed by atoms with Crippen molar-refractivity contribution in [2.45, 2.75) is 32.6 Å². The Balaban J connectivity index is 1.47. The number of rotatable bonds is 5. The Morgan fingerprint density at radius 1 is 1.16 bits per heavy atom. The van der Waals surface area contributed by atoms with Crippen molar-refractivity contribution in [3.05, 3.63) is 58.0 Å². The van der Waals surface area contributed by atoms with Gasteiger partial charge in [-0.05, 0) is 68.7 Å². The highest BCUT2D eigenvalue weighted by Gasteiger charge is 2.36. The van der Waals surface area contributed by atoms with E-state index in [1.54, 1.807) is 6.92 Å². The van der Waals surface area contributed by atoms with Crippen molar-refractivity contribution in [1.29, 1.82) is 0 Å². The van der Waals surface area contributed by atoms with E-state index in [0.29, 0.717) is 23.4 Å². The normalized spacial score (nSPS) is 16.4. The average Bonchev–Trinajstić information content (AvgIpc) is 3.46. The van der Waals surface area contributed by atoms with Gasteiger partial charge < -0.3 is 10.3 Å². The maximum absolute atomic E-state index is 12.3. The van der Waals surface area contributed by atoms with E-state index in [9.17, 15) is 9.59 Å². The number of anilines is 1. The molecule has 0 atom stereocenters. The average molecular weight is 335 g/mol. The van der Waals surface area contributed by atoms with Crippen LogP contribution in [-0.4, -0.2) is 15.9 Å². The van der Waals surface area contributed by atoms with E-state index in [-0.39, 0.29) is 11.5 Å². The smallest absolute Gasteiger partial charge is 0.251 e. The first-order valence-electron chi connectivity index (χ1n) is 8.79. The van der Waals surface area contributed by atoms with Crippen LogP contribution in [0.15, 0.2) is 46.8 Å². The molecule has 1 aromatic carbocycles. The Bertz CT molecular complexity index is 874. The highest BCUT2D eigenvalue weighted by Crippen LogP contribution is 2.48. The molecule has 5 nitrogen and oxygen atoms in total. The topological polar surface area (TPSA) is 74.8 Å². The number of nitrogens with one attached hydrogen (secondary N) is 2. The SMILES string of the molecule is Cc1cc(=O)[nH]c(-c2ccc(NC(=O)C=C(C3CC3)C3CC3)cc2)n1. The lowest BCUT2D eigenvalue weighted by Gasteiger charge is -2.07. The number of hydrogen-bond acceptors (Lipinski definition) is 3. The molecule has 2 saturated carbocycles. The highest BCUT2D eigenvalue weighted by molar-refractivity contribution is 6.00. The standard InChI is InChI=1S/C20H21N3O2/c1-12-10-18(24)23-20(21-12)15-6-8-16(9-7-15)22-19(25)11-17(13-2-3-13)14-4-5-14/h6-11,13-14H,2-5H2,1H3,(H,22,25)(H,21,23,24). The quantitative estimate of drug-likeness (QED) is 0.822. The number of benzene rings is 1. The second kappa shape index (κ2) is 6.31. The summed E-state index contributed by atoms with van der Waals surface area (Å²) < 4.78 is 0. The molecule has 2 aliphatic rings. The van der Waals surface area contributed by atoms with Crippen molar-refractivity contribution in [1.82, 2.24) is 9.97 Å². The number of carbonyl (C=O) groups excluding carboxylic acids is 1. The molecule has 1 amide bonds. The van der Waals surface area contributed by atoms with Gasteiger partial charge in [0, 0.05) is 29.1 Å². The first kappa shape index (κ1) is 15.8. The fraction of sp³-hybridized carbons (Fsp3) is 0.350. The Labute approximate surface area is 146 Å². The lowest BCUT2D eigenvalue weighted by atomic mass is 10.1. The molecule has 0 unspecified atom stereocenters. The third kappa shape index (κ3) is 3.87. The van der Waals surface area contributed by atoms with Crippen LogP contribution < -0.4 is 10.9 Å². The van der Waals surface area contributed by atoms with Gasteiger partial charge in [0.1, 0.15) is 5.82 Å². The molecule has 25 heavy (non-hydrogen) atoms. The van der Waals surface area contributed by atoms with E-state index < -0.39 is 0 Å². The third-order valence-corrected chi connectivity index (χ3v) is 4.69. The number of nitrogens with zero attached hydrogens (tertiary/aromatic N) is 1. The van der Waals surface area contributed by atoms with Gasteiger partial charge >= 0.3 is 0 Å². The van der Waals surface area contributed by atoms with Crippen molar-refractivity contribution in [3.8, 4) is 11.4 Å². The number of H-pyrrole nitrogens is 1. The Kier molecular flexibility index (Phi) is 3.99. The molecular weight excluding hydrogens is 314 g/mol. The molecule has 2 N–H and O–H groups in total. The van der Waals surface area contributed by atoms with Crippen molar-refractivity contribution >= 4 is 11.6 Å². The summed E-state index contributed by atoms with van der Waals surface area (Å²) in [7, 11) is 0. The molecule has 4 rings (SSSR count). The van der Waals surface area contributed by atoms with Crippen molar-refractivity contribution < 1.29 is 4.79 Å². The molecule has 1 heterocycles. The zero-order chi connectivity index (χ0) is 17.4. The van der Waals surface area contributed by atoms with Crippen LogP contribution in [0.4, 0.5) is 5.69 Å². The summed E-state index contributed by atoms with van der Waals surface area (Å²) >= 11 is 0. The molecule has 0 spiro atoms. The van der Waals surface area contributed by atoms with Crippen LogP contribution in [0.1, 0.15) is 31.4 Å². The zero-order valence-corrected chi connectivity index (χ0v) is 14.2. The summed E-state index contributed by atoms with van der Waals surface area (Å²) in [5.41, 5.74) is 3.40. The summed E-state index contributed by atoms with van der Waals surface area (Å²) in [4.78, 5) is 30.9. The summed E-state index contributed by atoms with van der Waals surface area (Å²) in [6, 6.07) is 8.82. The van der Waals surface area contributed by atoms with Crippen molar-refractivity contribution in [2.24, 2.45) is 11.8 Å². The molecule has 2 aromatic rings. The maximum atomic E-state index is 12.3. The summed E-state index contributed by atoms with van der Waals surface area (Å²) in [6.07, 6.45) is 6.72. The number of amides is 1. The van der Waals surface area contributed by atoms with Gasteiger partial charge in [0.2, 0.25) is 5.91 Å². The van der Waals surface area contributed by atoms with Crippen LogP contribution in [0.3, 0.4) is 0 Å². The van der Waals surface area contributed by atoms with Crippen LogP contribution in [0.2, 0.25) is 0 Å². The molecule has 5 heteroatoms. The third-order valence-electron chi connectivity index (χ3n) is 4.69. The minimum atomic E-state index is -0.169. The van der Waals surface area contributed by atoms with E-state index in [2.05, 4.69) is 15.3 Å². The van der Waals surface area contributed by atoms with Gasteiger partial charge in [0.15, 0.2) is 0 Å². The van der Waals surface area contributed by atoms with E-state index >= 15 is 0 Å². The fourth-order valence-electron chi connectivity index (χ4n) is 3.16. The summed E-state index contributed by atoms with van der Waals surface area (Å²) in [5, 5.41) is 2.93. The number of aromatic amines is 1. The van der Waals surface area contributed by atoms with Gasteiger partial charge in [0.05, 0.1) is 0 Å². The Hall–Kier alpha value is -2.69. The van der Waals surface area contributed by atoms with Gasteiger partial charge in [-0.3, -0.25) is 9.59 Å². The monoisotopic (exact) mass is 335 g/mol. The number of aromatic nitrogens is 2. The molecule has 0 radical (unpaired) electrons. The predicted molar refractivity (Wildman–Crippen MR) is 97.2 cm³/mol. The van der Waals surface area contributed by atoms with E-state index in [1.165, 1.54) is 37.3 Å². The van der Waals surface area contributed by atoms with Gasteiger partial charge in [-0.25, -0.2) is 4.98 Å². The number of aryl methyl sites for hydroxylation is 1. The second-order valence-electron chi connectivity index (χ2n) is 6.99. The van der Waals surface area contributed by atoms with E-state index in [0.717, 1.165) is 11.3 Å². The van der Waals surface area contributed by atoms with Crippen LogP contribution in [0.25, 0.3) is 11.4 Å². The number of carbonyl (C=O) groups is 1. The first-order valence-corrected chi connectivity index (χ1v) is 8.79. The second-order valence-corrected chi connectivity index (χ2v) is 6.99. The molecule has 128 valence electrons. The Morgan fingerprint density at radius 2 is 1.80 bits per heavy atom. The van der Waals surface area contributed by atoms with Crippen molar-refractivity contribution in [3.63, 3.8) is 0 Å². The molecule has 0 aliphatic heterocycles. The predicted octanol–water partition coefficient (Wildman–Crippen LogP) is 3.43. The maximum Gasteiger partial charge on any atom is 0.251 e. The summed E-state index contributed by atoms with van der Waals surface area (Å²) in [5.74, 6) is 1.77. The molecule has 2 fully saturated rings. The zero-order valence-electron chi connectivity index (χ0n) is 14.2. The van der Waals surface area contributed by atoms with Gasteiger partial charge in [0.25, 0.3) is 5.56 Å². The fourth-order valence-corrected chi connectivity index (χ4v) is 3.16. The lowest BCUT2D eigenvalue weighted by molar-refractivity contribution is -0.112. The van der Waals surface area contributed by atoms with Crippen LogP contribution in [-0.2, 0) is 4.79 Å². The number of allylic oxidation sites excluding steroid dienone is 1. The van der Waals surface area contributed by atoms with E-state index in [1.807, 2.05) is 30.3 Å². The van der Waals surface area contributed by atoms with Gasteiger partial charge in [-0.15, -0.1) is 0 Å². The highest BCUT2D eigenvalue weighted by atomic mass is 16.1. The molecule has 0 saturated heterocycles. The summed E-state index contributed by atoms with van der Waals surface area (Å²) in [6.45, 7) is 1.79. The van der Waals surface area contributed by atoms with Crippen LogP contribution >= 0.6 is 0 Å². The minimum Gasteiger partial charge on any atom is -0.323 e. The lowest BCUT2D eigenvalue weighted by Crippen LogP contribution is -2.10. The first-order chi connectivity index (χ1) is 12.1. The van der Waals surface area contributed by atoms with E-state index in [4.69, 9.17) is 0 Å². The number of hydrogen-bond donors (Lipinski definition) is 2.